The Morgan fingerprint density at radius 3 is 2.86 bits per heavy atom. The largest absolute Gasteiger partial charge is 0.368 e. The molecule has 0 spiro atoms. The van der Waals surface area contributed by atoms with Crippen molar-refractivity contribution in [2.24, 2.45) is 0 Å². The summed E-state index contributed by atoms with van der Waals surface area (Å²) in [5.74, 6) is 2.45. The van der Waals surface area contributed by atoms with Crippen molar-refractivity contribution in [1.82, 2.24) is 24.8 Å². The van der Waals surface area contributed by atoms with Crippen LogP contribution in [-0.4, -0.2) is 38.5 Å². The van der Waals surface area contributed by atoms with Crippen molar-refractivity contribution in [3.63, 3.8) is 0 Å². The highest BCUT2D eigenvalue weighted by atomic mass is 16.1. The molecule has 0 saturated carbocycles. The van der Waals surface area contributed by atoms with Crippen LogP contribution >= 0.6 is 0 Å². The Hall–Kier alpha value is -2.44. The lowest BCUT2D eigenvalue weighted by Crippen LogP contribution is -2.28. The molecule has 0 aliphatic carbocycles. The minimum atomic E-state index is 0.0982. The molecule has 0 saturated heterocycles. The van der Waals surface area contributed by atoms with Gasteiger partial charge in [0, 0.05) is 38.0 Å². The molecule has 7 nitrogen and oxygen atoms in total. The lowest BCUT2D eigenvalue weighted by atomic mass is 10.2. The van der Waals surface area contributed by atoms with Crippen molar-refractivity contribution in [3.05, 3.63) is 30.6 Å². The van der Waals surface area contributed by atoms with Crippen LogP contribution in [0, 0.1) is 6.92 Å². The number of amides is 1. The van der Waals surface area contributed by atoms with Crippen molar-refractivity contribution in [2.45, 2.75) is 33.1 Å². The summed E-state index contributed by atoms with van der Waals surface area (Å²) < 4.78 is 1.89. The van der Waals surface area contributed by atoms with Crippen molar-refractivity contribution >= 4 is 11.7 Å². The summed E-state index contributed by atoms with van der Waals surface area (Å²) >= 11 is 0. The smallest absolute Gasteiger partial charge is 0.220 e. The standard InChI is InChI=1S/C15H22N6O/c1-3-4-5-15(22)18-7-6-17-13-10-14(20-11-19-13)21-9-8-16-12(21)2/h8-11H,3-7H2,1-2H3,(H,18,22)(H,17,19,20). The fourth-order valence-electron chi connectivity index (χ4n) is 2.01. The molecule has 0 atom stereocenters. The van der Waals surface area contributed by atoms with Gasteiger partial charge >= 0.3 is 0 Å². The van der Waals surface area contributed by atoms with E-state index in [1.54, 1.807) is 6.20 Å². The highest BCUT2D eigenvalue weighted by Crippen LogP contribution is 2.10. The third-order valence-electron chi connectivity index (χ3n) is 3.24. The van der Waals surface area contributed by atoms with Gasteiger partial charge in [-0.1, -0.05) is 13.3 Å². The highest BCUT2D eigenvalue weighted by Gasteiger charge is 2.04. The first kappa shape index (κ1) is 15.9. The number of hydrogen-bond donors (Lipinski definition) is 2. The predicted octanol–water partition coefficient (Wildman–Crippen LogP) is 1.69. The molecule has 1 amide bonds. The minimum absolute atomic E-state index is 0.0982. The molecule has 0 fully saturated rings. The third-order valence-corrected chi connectivity index (χ3v) is 3.24. The van der Waals surface area contributed by atoms with Crippen LogP contribution in [0.3, 0.4) is 0 Å². The first-order valence-corrected chi connectivity index (χ1v) is 7.53. The van der Waals surface area contributed by atoms with E-state index >= 15 is 0 Å². The van der Waals surface area contributed by atoms with Crippen molar-refractivity contribution < 1.29 is 4.79 Å². The molecule has 0 radical (unpaired) electrons. The van der Waals surface area contributed by atoms with Crippen LogP contribution in [0.15, 0.2) is 24.8 Å². The number of imidazole rings is 1. The minimum Gasteiger partial charge on any atom is -0.368 e. The van der Waals surface area contributed by atoms with Gasteiger partial charge in [-0.2, -0.15) is 0 Å². The lowest BCUT2D eigenvalue weighted by molar-refractivity contribution is -0.121. The fraction of sp³-hybridized carbons (Fsp3) is 0.467. The number of carbonyl (C=O) groups excluding carboxylic acids is 1. The molecule has 0 aromatic carbocycles. The van der Waals surface area contributed by atoms with Gasteiger partial charge in [0.1, 0.15) is 23.8 Å². The van der Waals surface area contributed by atoms with Crippen LogP contribution in [0.4, 0.5) is 5.82 Å². The number of nitrogens with zero attached hydrogens (tertiary/aromatic N) is 4. The second kappa shape index (κ2) is 8.11. The first-order chi connectivity index (χ1) is 10.7. The maximum atomic E-state index is 11.5. The van der Waals surface area contributed by atoms with Gasteiger partial charge in [0.15, 0.2) is 0 Å². The number of rotatable bonds is 8. The van der Waals surface area contributed by atoms with Gasteiger partial charge in [-0.05, 0) is 13.3 Å². The van der Waals surface area contributed by atoms with E-state index in [2.05, 4.69) is 32.5 Å². The molecule has 0 aliphatic rings. The van der Waals surface area contributed by atoms with E-state index in [1.165, 1.54) is 6.33 Å². The molecule has 2 N–H and O–H groups in total. The topological polar surface area (TPSA) is 84.7 Å². The zero-order valence-corrected chi connectivity index (χ0v) is 13.0. The molecule has 7 heteroatoms. The maximum absolute atomic E-state index is 11.5. The summed E-state index contributed by atoms with van der Waals surface area (Å²) in [6.45, 7) is 5.19. The molecular weight excluding hydrogens is 280 g/mol. The Bertz CT molecular complexity index is 610. The molecule has 2 aromatic rings. The van der Waals surface area contributed by atoms with Crippen molar-refractivity contribution in [3.8, 4) is 5.82 Å². The number of unbranched alkanes of at least 4 members (excludes halogenated alkanes) is 1. The number of carbonyl (C=O) groups is 1. The van der Waals surface area contributed by atoms with Crippen LogP contribution in [0.1, 0.15) is 32.0 Å². The van der Waals surface area contributed by atoms with E-state index in [9.17, 15) is 4.79 Å². The number of aromatic nitrogens is 4. The quantitative estimate of drug-likeness (QED) is 0.725. The molecule has 2 rings (SSSR count). The van der Waals surface area contributed by atoms with E-state index in [4.69, 9.17) is 0 Å². The molecule has 2 heterocycles. The van der Waals surface area contributed by atoms with E-state index in [0.29, 0.717) is 19.5 Å². The van der Waals surface area contributed by atoms with Crippen LogP contribution in [0.5, 0.6) is 0 Å². The van der Waals surface area contributed by atoms with Gasteiger partial charge in [0.25, 0.3) is 0 Å². The van der Waals surface area contributed by atoms with Gasteiger partial charge in [-0.15, -0.1) is 0 Å². The summed E-state index contributed by atoms with van der Waals surface area (Å²) in [5, 5.41) is 6.06. The third kappa shape index (κ3) is 4.54. The van der Waals surface area contributed by atoms with Crippen molar-refractivity contribution in [2.75, 3.05) is 18.4 Å². The summed E-state index contributed by atoms with van der Waals surface area (Å²) in [7, 11) is 0. The van der Waals surface area contributed by atoms with Crippen LogP contribution < -0.4 is 10.6 Å². The molecule has 0 unspecified atom stereocenters. The Morgan fingerprint density at radius 1 is 1.27 bits per heavy atom. The zero-order chi connectivity index (χ0) is 15.8. The number of aryl methyl sites for hydroxylation is 1. The van der Waals surface area contributed by atoms with E-state index < -0.39 is 0 Å². The number of anilines is 1. The fourth-order valence-corrected chi connectivity index (χ4v) is 2.01. The normalized spacial score (nSPS) is 10.5. The van der Waals surface area contributed by atoms with Gasteiger partial charge in [0.05, 0.1) is 0 Å². The average Bonchev–Trinajstić information content (AvgIpc) is 2.96. The molecular formula is C15H22N6O. The Kier molecular flexibility index (Phi) is 5.88. The van der Waals surface area contributed by atoms with Crippen LogP contribution in [0.25, 0.3) is 5.82 Å². The summed E-state index contributed by atoms with van der Waals surface area (Å²) in [5.41, 5.74) is 0. The average molecular weight is 302 g/mol. The maximum Gasteiger partial charge on any atom is 0.220 e. The van der Waals surface area contributed by atoms with Crippen LogP contribution in [-0.2, 0) is 4.79 Å². The Labute approximate surface area is 130 Å². The number of hydrogen-bond acceptors (Lipinski definition) is 5. The van der Waals surface area contributed by atoms with Gasteiger partial charge < -0.3 is 10.6 Å². The molecule has 118 valence electrons. The second-order valence-corrected chi connectivity index (χ2v) is 4.99. The highest BCUT2D eigenvalue weighted by molar-refractivity contribution is 5.75. The van der Waals surface area contributed by atoms with Gasteiger partial charge in [-0.25, -0.2) is 15.0 Å². The zero-order valence-electron chi connectivity index (χ0n) is 13.0. The van der Waals surface area contributed by atoms with E-state index in [-0.39, 0.29) is 5.91 Å². The van der Waals surface area contributed by atoms with Crippen molar-refractivity contribution in [1.29, 1.82) is 0 Å². The summed E-state index contributed by atoms with van der Waals surface area (Å²) in [6, 6.07) is 1.85. The Balaban J connectivity index is 1.82. The first-order valence-electron chi connectivity index (χ1n) is 7.53. The predicted molar refractivity (Wildman–Crippen MR) is 84.9 cm³/mol. The molecule has 22 heavy (non-hydrogen) atoms. The molecule has 0 bridgehead atoms. The summed E-state index contributed by atoms with van der Waals surface area (Å²) in [6.07, 6.45) is 7.65. The summed E-state index contributed by atoms with van der Waals surface area (Å²) in [4.78, 5) is 24.1. The SMILES string of the molecule is CCCCC(=O)NCCNc1cc(-n2ccnc2C)ncn1. The van der Waals surface area contributed by atoms with E-state index in [0.717, 1.165) is 30.3 Å². The van der Waals surface area contributed by atoms with Gasteiger partial charge in [0.2, 0.25) is 5.91 Å². The van der Waals surface area contributed by atoms with E-state index in [1.807, 2.05) is 23.8 Å². The monoisotopic (exact) mass is 302 g/mol. The van der Waals surface area contributed by atoms with Crippen LogP contribution in [0.2, 0.25) is 0 Å². The number of nitrogens with one attached hydrogen (secondary N) is 2. The lowest BCUT2D eigenvalue weighted by Gasteiger charge is -2.09. The molecule has 0 aliphatic heterocycles. The Morgan fingerprint density at radius 2 is 2.14 bits per heavy atom. The second-order valence-electron chi connectivity index (χ2n) is 4.99. The van der Waals surface area contributed by atoms with Gasteiger partial charge in [-0.3, -0.25) is 9.36 Å². The molecule has 2 aromatic heterocycles.